The maximum absolute atomic E-state index is 11.8. The van der Waals surface area contributed by atoms with Gasteiger partial charge in [0.1, 0.15) is 6.10 Å². The zero-order chi connectivity index (χ0) is 18.0. The lowest BCUT2D eigenvalue weighted by molar-refractivity contribution is -0.0704. The number of rotatable bonds is 5. The molecule has 2 aromatic carbocycles. The summed E-state index contributed by atoms with van der Waals surface area (Å²) in [4.78, 5) is 0. The Bertz CT molecular complexity index is 827. The van der Waals surface area contributed by atoms with Gasteiger partial charge in [-0.25, -0.2) is 0 Å². The summed E-state index contributed by atoms with van der Waals surface area (Å²) in [5.74, 6) is 0. The molecule has 9 heteroatoms. The van der Waals surface area contributed by atoms with E-state index in [1.165, 1.54) is 0 Å². The SMILES string of the molecule is COS(=O)(=O)N[C@H]1OC(c2ccccc2)O[C@H]1c1c(Cl)cccc1Cl. The van der Waals surface area contributed by atoms with Crippen LogP contribution in [0, 0.1) is 0 Å². The summed E-state index contributed by atoms with van der Waals surface area (Å²) in [5.41, 5.74) is 1.17. The van der Waals surface area contributed by atoms with Crippen LogP contribution in [0.1, 0.15) is 23.5 Å². The monoisotopic (exact) mass is 403 g/mol. The molecule has 0 bridgehead atoms. The van der Waals surface area contributed by atoms with Crippen LogP contribution >= 0.6 is 23.2 Å². The molecule has 134 valence electrons. The van der Waals surface area contributed by atoms with Crippen LogP contribution in [0.4, 0.5) is 0 Å². The lowest BCUT2D eigenvalue weighted by Crippen LogP contribution is -2.38. The van der Waals surface area contributed by atoms with Gasteiger partial charge in [0.2, 0.25) is 0 Å². The molecule has 3 atom stereocenters. The molecule has 0 spiro atoms. The van der Waals surface area contributed by atoms with Gasteiger partial charge in [-0.1, -0.05) is 59.6 Å². The van der Waals surface area contributed by atoms with E-state index >= 15 is 0 Å². The Morgan fingerprint density at radius 1 is 1.00 bits per heavy atom. The average molecular weight is 404 g/mol. The highest BCUT2D eigenvalue weighted by Gasteiger charge is 2.42. The molecule has 0 aliphatic carbocycles. The predicted molar refractivity (Wildman–Crippen MR) is 93.4 cm³/mol. The van der Waals surface area contributed by atoms with Gasteiger partial charge in [0, 0.05) is 21.2 Å². The van der Waals surface area contributed by atoms with Crippen LogP contribution in [0.5, 0.6) is 0 Å². The van der Waals surface area contributed by atoms with Gasteiger partial charge in [-0.05, 0) is 12.1 Å². The third-order valence-electron chi connectivity index (χ3n) is 3.65. The van der Waals surface area contributed by atoms with E-state index in [1.54, 1.807) is 18.2 Å². The highest BCUT2D eigenvalue weighted by atomic mass is 35.5. The van der Waals surface area contributed by atoms with Crippen LogP contribution in [-0.2, 0) is 24.0 Å². The summed E-state index contributed by atoms with van der Waals surface area (Å²) in [5, 5.41) is 0.688. The van der Waals surface area contributed by atoms with Crippen LogP contribution in [0.3, 0.4) is 0 Å². The zero-order valence-electron chi connectivity index (χ0n) is 13.1. The minimum absolute atomic E-state index is 0.344. The molecule has 6 nitrogen and oxygen atoms in total. The molecule has 0 saturated carbocycles. The van der Waals surface area contributed by atoms with Crippen LogP contribution in [0.2, 0.25) is 10.0 Å². The minimum Gasteiger partial charge on any atom is -0.336 e. The van der Waals surface area contributed by atoms with Crippen molar-refractivity contribution in [1.82, 2.24) is 4.72 Å². The number of ether oxygens (including phenoxy) is 2. The van der Waals surface area contributed by atoms with Gasteiger partial charge in [-0.15, -0.1) is 0 Å². The molecule has 1 aliphatic rings. The second kappa shape index (κ2) is 7.59. The summed E-state index contributed by atoms with van der Waals surface area (Å²) in [7, 11) is -2.97. The van der Waals surface area contributed by atoms with Crippen molar-refractivity contribution in [3.63, 3.8) is 0 Å². The van der Waals surface area contributed by atoms with Crippen LogP contribution in [0.25, 0.3) is 0 Å². The van der Waals surface area contributed by atoms with Gasteiger partial charge in [0.25, 0.3) is 0 Å². The molecular formula is C16H15Cl2NO5S. The van der Waals surface area contributed by atoms with Gasteiger partial charge >= 0.3 is 10.3 Å². The number of hydrogen-bond acceptors (Lipinski definition) is 5. The fraction of sp³-hybridized carbons (Fsp3) is 0.250. The van der Waals surface area contributed by atoms with Crippen molar-refractivity contribution < 1.29 is 22.1 Å². The Morgan fingerprint density at radius 3 is 2.24 bits per heavy atom. The molecule has 3 rings (SSSR count). The van der Waals surface area contributed by atoms with E-state index in [0.29, 0.717) is 15.6 Å². The summed E-state index contributed by atoms with van der Waals surface area (Å²) >= 11 is 12.5. The summed E-state index contributed by atoms with van der Waals surface area (Å²) < 4.78 is 42.0. The van der Waals surface area contributed by atoms with Gasteiger partial charge in [0.15, 0.2) is 12.5 Å². The second-order valence-corrected chi connectivity index (χ2v) is 7.52. The van der Waals surface area contributed by atoms with Crippen molar-refractivity contribution in [2.24, 2.45) is 0 Å². The van der Waals surface area contributed by atoms with Gasteiger partial charge in [-0.3, -0.25) is 4.18 Å². The largest absolute Gasteiger partial charge is 0.337 e. The fourth-order valence-corrected chi connectivity index (χ4v) is 3.66. The molecule has 0 aromatic heterocycles. The first-order chi connectivity index (χ1) is 11.9. The fourth-order valence-electron chi connectivity index (χ4n) is 2.49. The van der Waals surface area contributed by atoms with Crippen LogP contribution in [-0.4, -0.2) is 21.8 Å². The van der Waals surface area contributed by atoms with E-state index in [0.717, 1.165) is 12.7 Å². The predicted octanol–water partition coefficient (Wildman–Crippen LogP) is 3.59. The number of hydrogen-bond donors (Lipinski definition) is 1. The van der Waals surface area contributed by atoms with Crippen molar-refractivity contribution >= 4 is 33.5 Å². The summed E-state index contributed by atoms with van der Waals surface area (Å²) in [6.07, 6.45) is -2.70. The van der Waals surface area contributed by atoms with Gasteiger partial charge in [0.05, 0.1) is 7.11 Å². The van der Waals surface area contributed by atoms with E-state index in [1.807, 2.05) is 30.3 Å². The highest BCUT2D eigenvalue weighted by Crippen LogP contribution is 2.43. The average Bonchev–Trinajstić information content (AvgIpc) is 2.98. The van der Waals surface area contributed by atoms with Crippen molar-refractivity contribution in [2.75, 3.05) is 7.11 Å². The van der Waals surface area contributed by atoms with Crippen molar-refractivity contribution in [3.8, 4) is 0 Å². The third-order valence-corrected chi connectivity index (χ3v) is 5.27. The lowest BCUT2D eigenvalue weighted by Gasteiger charge is -2.19. The van der Waals surface area contributed by atoms with E-state index in [9.17, 15) is 8.42 Å². The number of halogens is 2. The first kappa shape index (κ1) is 18.6. The van der Waals surface area contributed by atoms with E-state index in [-0.39, 0.29) is 0 Å². The molecule has 1 N–H and O–H groups in total. The molecule has 0 radical (unpaired) electrons. The Balaban J connectivity index is 1.97. The standard InChI is InChI=1S/C16H15Cl2NO5S/c1-22-25(20,21)19-15-14(13-11(17)8-5-9-12(13)18)23-16(24-15)10-6-3-2-4-7-10/h2-9,14-16,19H,1H3/t14-,15-,16?/m0/s1. The number of benzene rings is 2. The number of nitrogens with one attached hydrogen (secondary N) is 1. The first-order valence-corrected chi connectivity index (χ1v) is 9.45. The molecule has 1 saturated heterocycles. The van der Waals surface area contributed by atoms with Crippen molar-refractivity contribution in [1.29, 1.82) is 0 Å². The topological polar surface area (TPSA) is 73.9 Å². The first-order valence-electron chi connectivity index (χ1n) is 7.29. The quantitative estimate of drug-likeness (QED) is 0.825. The Hall–Kier alpha value is -1.19. The van der Waals surface area contributed by atoms with Gasteiger partial charge in [-0.2, -0.15) is 13.1 Å². The molecular weight excluding hydrogens is 389 g/mol. The summed E-state index contributed by atoms with van der Waals surface area (Å²) in [6, 6.07) is 14.1. The Kier molecular flexibility index (Phi) is 5.65. The molecule has 1 aliphatic heterocycles. The van der Waals surface area contributed by atoms with Crippen molar-refractivity contribution in [3.05, 3.63) is 69.7 Å². The maximum Gasteiger partial charge on any atom is 0.337 e. The Morgan fingerprint density at radius 2 is 1.64 bits per heavy atom. The Labute approximate surface area is 155 Å². The molecule has 1 heterocycles. The minimum atomic E-state index is -4.02. The second-order valence-electron chi connectivity index (χ2n) is 5.23. The van der Waals surface area contributed by atoms with E-state index in [2.05, 4.69) is 8.91 Å². The zero-order valence-corrected chi connectivity index (χ0v) is 15.4. The third kappa shape index (κ3) is 4.15. The molecule has 25 heavy (non-hydrogen) atoms. The normalized spacial score (nSPS) is 23.7. The van der Waals surface area contributed by atoms with Crippen molar-refractivity contribution in [2.45, 2.75) is 18.6 Å². The molecule has 1 unspecified atom stereocenters. The van der Waals surface area contributed by atoms with Crippen LogP contribution < -0.4 is 4.72 Å². The smallest absolute Gasteiger partial charge is 0.336 e. The van der Waals surface area contributed by atoms with Gasteiger partial charge < -0.3 is 9.47 Å². The summed E-state index contributed by atoms with van der Waals surface area (Å²) in [6.45, 7) is 0. The maximum atomic E-state index is 11.8. The molecule has 0 amide bonds. The molecule has 1 fully saturated rings. The lowest BCUT2D eigenvalue weighted by atomic mass is 10.1. The molecule has 2 aromatic rings. The van der Waals surface area contributed by atoms with E-state index < -0.39 is 28.9 Å². The van der Waals surface area contributed by atoms with Crippen LogP contribution in [0.15, 0.2) is 48.5 Å². The highest BCUT2D eigenvalue weighted by molar-refractivity contribution is 7.84. The van der Waals surface area contributed by atoms with E-state index in [4.69, 9.17) is 32.7 Å².